The summed E-state index contributed by atoms with van der Waals surface area (Å²) in [6, 6.07) is 0. The maximum atomic E-state index is 12.9. The van der Waals surface area contributed by atoms with Gasteiger partial charge in [0, 0.05) is 65.8 Å². The summed E-state index contributed by atoms with van der Waals surface area (Å²) in [4.78, 5) is 24.5. The Morgan fingerprint density at radius 2 is 1.24 bits per heavy atom. The molecule has 504 valence electrons. The highest BCUT2D eigenvalue weighted by Gasteiger charge is 2.69. The largest absolute Gasteiger partial charge is 0.454 e. The van der Waals surface area contributed by atoms with Crippen molar-refractivity contribution in [2.45, 2.75) is 331 Å². The first-order chi connectivity index (χ1) is 41.7. The second-order valence-electron chi connectivity index (χ2n) is 28.6. The normalized spacial score (nSPS) is 53.6. The number of fused-ring (bicyclic) bond motifs is 6. The summed E-state index contributed by atoms with van der Waals surface area (Å²) in [5.41, 5.74) is 0.128. The number of carbonyl (C=O) groups is 1. The van der Waals surface area contributed by atoms with Crippen LogP contribution in [-0.2, 0) is 90.4 Å². The molecule has 0 aromatic rings. The second-order valence-corrected chi connectivity index (χ2v) is 28.6. The highest BCUT2D eigenvalue weighted by molar-refractivity contribution is 5.66. The third-order valence-corrected chi connectivity index (χ3v) is 23.1. The van der Waals surface area contributed by atoms with Crippen molar-refractivity contribution in [3.05, 3.63) is 11.6 Å². The van der Waals surface area contributed by atoms with Crippen LogP contribution in [0.5, 0.6) is 0 Å². The predicted octanol–water partition coefficient (Wildman–Crippen LogP) is 4.94. The molecule has 33 atom stereocenters. The molecule has 11 aliphatic rings. The fourth-order valence-corrected chi connectivity index (χ4v) is 18.4. The zero-order valence-electron chi connectivity index (χ0n) is 54.1. The van der Waals surface area contributed by atoms with Crippen LogP contribution in [0.3, 0.4) is 0 Å². The molecule has 4 aliphatic carbocycles. The van der Waals surface area contributed by atoms with E-state index in [4.69, 9.17) is 85.6 Å². The summed E-state index contributed by atoms with van der Waals surface area (Å²) in [5.74, 6) is -1.13. The summed E-state index contributed by atoms with van der Waals surface area (Å²) in [7, 11) is 4.53. The lowest BCUT2D eigenvalue weighted by atomic mass is 9.41. The van der Waals surface area contributed by atoms with E-state index in [1.165, 1.54) is 26.7 Å². The highest BCUT2D eigenvalue weighted by atomic mass is 17.2. The van der Waals surface area contributed by atoms with Crippen LogP contribution in [0.15, 0.2) is 11.6 Å². The molecular formula is C64H104O24. The first kappa shape index (κ1) is 67.7. The van der Waals surface area contributed by atoms with Crippen LogP contribution in [0.2, 0.25) is 0 Å². The van der Waals surface area contributed by atoms with E-state index in [9.17, 15) is 30.3 Å². The number of aliphatic hydroxyl groups is 5. The van der Waals surface area contributed by atoms with Gasteiger partial charge in [-0.15, -0.1) is 0 Å². The van der Waals surface area contributed by atoms with Gasteiger partial charge in [0.15, 0.2) is 37.6 Å². The lowest BCUT2D eigenvalue weighted by molar-refractivity contribution is -0.472. The third kappa shape index (κ3) is 12.6. The van der Waals surface area contributed by atoms with Gasteiger partial charge in [-0.05, 0) is 122 Å². The molecular weight excluding hydrogens is 1150 g/mol. The molecule has 0 aromatic carbocycles. The first-order valence-electron chi connectivity index (χ1n) is 32.7. The van der Waals surface area contributed by atoms with Crippen LogP contribution in [-0.4, -0.2) is 230 Å². The molecule has 33 unspecified atom stereocenters. The first-order valence-corrected chi connectivity index (χ1v) is 32.7. The summed E-state index contributed by atoms with van der Waals surface area (Å²) in [6.07, 6.45) is -8.91. The molecule has 11 rings (SSSR count). The van der Waals surface area contributed by atoms with E-state index in [0.717, 1.165) is 44.9 Å². The molecule has 0 radical (unpaired) electrons. The minimum atomic E-state index is -1.36. The lowest BCUT2D eigenvalue weighted by Crippen LogP contribution is -2.62. The van der Waals surface area contributed by atoms with Crippen LogP contribution in [0.25, 0.3) is 0 Å². The molecule has 7 aliphatic heterocycles. The van der Waals surface area contributed by atoms with Gasteiger partial charge in [0.05, 0.1) is 85.0 Å². The van der Waals surface area contributed by atoms with E-state index in [-0.39, 0.29) is 54.6 Å². The van der Waals surface area contributed by atoms with Gasteiger partial charge < -0.3 is 101 Å². The average Bonchev–Trinajstić information content (AvgIpc) is 1.37. The number of methoxy groups -OCH3 is 3. The SMILES string of the molecule is COC1CC2(COC3CC(OC(C)C4(O)CCC5C6(C)CC=C7CC(O)CCC7(C)C6CCC54C)OC(C)C3OO2)OC(C)C1OC1CC(O)C(OC2CC(O)C(OC3CC(OC)C(OC4OC(C)C(O)C(OC)C4OC(C)=O)C(C)O3)C(C)O2)C(C)O1. The third-order valence-electron chi connectivity index (χ3n) is 23.1. The molecule has 5 N–H and O–H groups in total. The standard InChI is InChI=1S/C64H104O24/c1-30-51(69)57(73-14)58(81-37(8)65)59(79-30)85-54-33(4)77-50(26-42(54)71-12)83-53-32(3)75-47(24-40(53)67)82-52-31(2)76-48(25-41(52)68)84-55-35(6)86-63(28-44(55)72-13)29-74-43-27-49(78-34(5)56(43)87-88-63)80-36(7)64(70)22-18-46-61(10)19-15-38-23-39(66)16-20-60(38,9)45(61)17-21-62(46,64)11/h15,30-36,39-59,66-70H,16-29H2,1-14H3. The summed E-state index contributed by atoms with van der Waals surface area (Å²) >= 11 is 0. The maximum absolute atomic E-state index is 12.9. The van der Waals surface area contributed by atoms with Gasteiger partial charge in [-0.1, -0.05) is 32.4 Å². The van der Waals surface area contributed by atoms with Gasteiger partial charge in [0.25, 0.3) is 0 Å². The number of ether oxygens (including phenoxy) is 16. The van der Waals surface area contributed by atoms with E-state index in [0.29, 0.717) is 24.7 Å². The Labute approximate surface area is 518 Å². The molecule has 0 bridgehead atoms. The molecule has 3 saturated carbocycles. The van der Waals surface area contributed by atoms with Crippen molar-refractivity contribution in [3.8, 4) is 0 Å². The van der Waals surface area contributed by atoms with E-state index in [2.05, 4.69) is 26.8 Å². The van der Waals surface area contributed by atoms with E-state index < -0.39 is 171 Å². The number of hydrogen-bond donors (Lipinski definition) is 5. The Balaban J connectivity index is 0.641. The number of rotatable bonds is 15. The van der Waals surface area contributed by atoms with Crippen LogP contribution < -0.4 is 0 Å². The van der Waals surface area contributed by atoms with Gasteiger partial charge in [0.1, 0.15) is 49.3 Å². The molecule has 7 heterocycles. The number of esters is 1. The molecule has 0 aromatic heterocycles. The minimum Gasteiger partial charge on any atom is -0.454 e. The van der Waals surface area contributed by atoms with Crippen LogP contribution >= 0.6 is 0 Å². The van der Waals surface area contributed by atoms with Crippen molar-refractivity contribution in [2.24, 2.45) is 28.1 Å². The lowest BCUT2D eigenvalue weighted by Gasteiger charge is -2.64. The summed E-state index contributed by atoms with van der Waals surface area (Å²) in [5, 5.41) is 57.4. The Morgan fingerprint density at radius 1 is 0.636 bits per heavy atom. The Kier molecular flexibility index (Phi) is 20.4. The Bertz CT molecular complexity index is 2380. The number of carbonyl (C=O) groups excluding carboxylic acids is 1. The van der Waals surface area contributed by atoms with E-state index >= 15 is 0 Å². The summed E-state index contributed by atoms with van der Waals surface area (Å²) < 4.78 is 100. The maximum Gasteiger partial charge on any atom is 0.303 e. The van der Waals surface area contributed by atoms with Gasteiger partial charge >= 0.3 is 5.97 Å². The van der Waals surface area contributed by atoms with Crippen molar-refractivity contribution < 1.29 is 116 Å². The Morgan fingerprint density at radius 3 is 1.86 bits per heavy atom. The fraction of sp³-hybridized carbons (Fsp3) is 0.953. The number of allylic oxidation sites excluding steroid dienone is 1. The molecule has 24 nitrogen and oxygen atoms in total. The van der Waals surface area contributed by atoms with Crippen molar-refractivity contribution in [2.75, 3.05) is 27.9 Å². The highest BCUT2D eigenvalue weighted by Crippen LogP contribution is 2.72. The molecule has 24 heteroatoms. The Hall–Kier alpha value is -1.67. The van der Waals surface area contributed by atoms with Gasteiger partial charge in [0.2, 0.25) is 5.79 Å². The minimum absolute atomic E-state index is 0.0227. The predicted molar refractivity (Wildman–Crippen MR) is 307 cm³/mol. The quantitative estimate of drug-likeness (QED) is 0.0824. The smallest absolute Gasteiger partial charge is 0.303 e. The van der Waals surface area contributed by atoms with Crippen LogP contribution in [0.1, 0.15) is 160 Å². The van der Waals surface area contributed by atoms with Crippen molar-refractivity contribution in [3.63, 3.8) is 0 Å². The molecule has 1 spiro atoms. The van der Waals surface area contributed by atoms with E-state index in [1.54, 1.807) is 34.8 Å². The average molecular weight is 1260 g/mol. The molecule has 10 fully saturated rings. The molecule has 7 saturated heterocycles. The van der Waals surface area contributed by atoms with Crippen LogP contribution in [0, 0.1) is 28.1 Å². The zero-order valence-corrected chi connectivity index (χ0v) is 54.1. The molecule has 0 amide bonds. The monoisotopic (exact) mass is 1260 g/mol. The second kappa shape index (κ2) is 26.5. The van der Waals surface area contributed by atoms with Gasteiger partial charge in [-0.3, -0.25) is 4.79 Å². The van der Waals surface area contributed by atoms with Gasteiger partial charge in [-0.25, -0.2) is 4.89 Å². The number of aliphatic hydroxyl groups excluding tert-OH is 4. The number of hydrogen-bond acceptors (Lipinski definition) is 24. The fourth-order valence-electron chi connectivity index (χ4n) is 18.4. The van der Waals surface area contributed by atoms with Gasteiger partial charge in [-0.2, -0.15) is 4.89 Å². The summed E-state index contributed by atoms with van der Waals surface area (Å²) in [6.45, 7) is 21.2. The van der Waals surface area contributed by atoms with Crippen molar-refractivity contribution >= 4 is 5.97 Å². The van der Waals surface area contributed by atoms with Crippen molar-refractivity contribution in [1.29, 1.82) is 0 Å². The topological polar surface area (TPSA) is 284 Å². The van der Waals surface area contributed by atoms with Crippen LogP contribution in [0.4, 0.5) is 0 Å². The zero-order chi connectivity index (χ0) is 63.2. The van der Waals surface area contributed by atoms with Crippen molar-refractivity contribution in [1.82, 2.24) is 0 Å². The molecule has 88 heavy (non-hydrogen) atoms. The van der Waals surface area contributed by atoms with E-state index in [1.807, 2.05) is 20.8 Å².